The molecule has 0 radical (unpaired) electrons. The zero-order chi connectivity index (χ0) is 21.1. The van der Waals surface area contributed by atoms with Crippen LogP contribution in [-0.2, 0) is 9.53 Å². The number of carbonyl (C=O) groups excluding carboxylic acids is 1. The first-order chi connectivity index (χ1) is 13.4. The molecule has 0 rings (SSSR count). The van der Waals surface area contributed by atoms with Gasteiger partial charge in [0.05, 0.1) is 12.2 Å². The van der Waals surface area contributed by atoms with E-state index in [0.29, 0.717) is 19.4 Å². The number of ketones is 1. The van der Waals surface area contributed by atoms with Crippen LogP contribution in [0.1, 0.15) is 137 Å². The van der Waals surface area contributed by atoms with E-state index in [1.165, 1.54) is 83.5 Å². The molecule has 0 aliphatic carbocycles. The molecule has 0 heterocycles. The molecule has 0 spiro atoms. The quantitative estimate of drug-likeness (QED) is 0.205. The monoisotopic (exact) mass is 398 g/mol. The smallest absolute Gasteiger partial charge is 0.161 e. The first-order valence-corrected chi connectivity index (χ1v) is 12.2. The summed E-state index contributed by atoms with van der Waals surface area (Å²) in [6, 6.07) is 0. The molecule has 0 aromatic heterocycles. The van der Waals surface area contributed by atoms with Gasteiger partial charge in [-0.1, -0.05) is 96.8 Å². The second kappa shape index (κ2) is 18.6. The van der Waals surface area contributed by atoms with E-state index in [9.17, 15) is 9.90 Å². The van der Waals surface area contributed by atoms with Gasteiger partial charge in [-0.3, -0.25) is 4.79 Å². The van der Waals surface area contributed by atoms with E-state index in [2.05, 4.69) is 6.92 Å². The van der Waals surface area contributed by atoms with Crippen molar-refractivity contribution in [3.8, 4) is 0 Å². The van der Waals surface area contributed by atoms with Gasteiger partial charge in [0.15, 0.2) is 5.78 Å². The van der Waals surface area contributed by atoms with Gasteiger partial charge in [-0.05, 0) is 33.6 Å². The van der Waals surface area contributed by atoms with Gasteiger partial charge >= 0.3 is 0 Å². The minimum Gasteiger partial charge on any atom is -0.390 e. The normalized spacial score (nSPS) is 13.0. The molecule has 0 saturated heterocycles. The van der Waals surface area contributed by atoms with Gasteiger partial charge in [-0.2, -0.15) is 0 Å². The van der Waals surface area contributed by atoms with Crippen molar-refractivity contribution in [1.29, 1.82) is 0 Å². The molecule has 1 atom stereocenters. The molecule has 0 aromatic carbocycles. The summed E-state index contributed by atoms with van der Waals surface area (Å²) in [5.41, 5.74) is -0.725. The Kier molecular flexibility index (Phi) is 18.3. The molecular weight excluding hydrogens is 348 g/mol. The average Bonchev–Trinajstić information content (AvgIpc) is 2.63. The molecule has 0 amide bonds. The van der Waals surface area contributed by atoms with Crippen molar-refractivity contribution in [3.63, 3.8) is 0 Å². The summed E-state index contributed by atoms with van der Waals surface area (Å²) in [5.74, 6) is 0.199. The first-order valence-electron chi connectivity index (χ1n) is 12.2. The zero-order valence-electron chi connectivity index (χ0n) is 19.6. The first kappa shape index (κ1) is 27.6. The molecule has 3 heteroatoms. The molecule has 28 heavy (non-hydrogen) atoms. The summed E-state index contributed by atoms with van der Waals surface area (Å²) in [5, 5.41) is 9.66. The van der Waals surface area contributed by atoms with Crippen molar-refractivity contribution in [2.24, 2.45) is 0 Å². The Morgan fingerprint density at radius 2 is 1.18 bits per heavy atom. The van der Waals surface area contributed by atoms with Crippen LogP contribution in [0.15, 0.2) is 0 Å². The summed E-state index contributed by atoms with van der Waals surface area (Å²) in [6.07, 6.45) is 21.0. The van der Waals surface area contributed by atoms with Crippen LogP contribution in [0.2, 0.25) is 0 Å². The van der Waals surface area contributed by atoms with Crippen LogP contribution in [0.25, 0.3) is 0 Å². The Morgan fingerprint density at radius 1 is 0.786 bits per heavy atom. The molecule has 0 fully saturated rings. The Hall–Kier alpha value is -0.410. The third-order valence-corrected chi connectivity index (χ3v) is 5.56. The number of aliphatic hydroxyl groups is 1. The predicted molar refractivity (Wildman–Crippen MR) is 121 cm³/mol. The summed E-state index contributed by atoms with van der Waals surface area (Å²) in [6.45, 7) is 8.07. The lowest BCUT2D eigenvalue weighted by molar-refractivity contribution is -0.130. The van der Waals surface area contributed by atoms with Crippen LogP contribution >= 0.6 is 0 Å². The summed E-state index contributed by atoms with van der Waals surface area (Å²) in [7, 11) is 0. The summed E-state index contributed by atoms with van der Waals surface area (Å²) < 4.78 is 5.54. The number of Topliss-reactive ketones (excluding diaryl/α,β-unsaturated/α-hetero) is 1. The van der Waals surface area contributed by atoms with Crippen LogP contribution in [0.4, 0.5) is 0 Å². The fraction of sp³-hybridized carbons (Fsp3) is 0.960. The second-order valence-electron chi connectivity index (χ2n) is 9.24. The van der Waals surface area contributed by atoms with Crippen LogP contribution in [0, 0.1) is 0 Å². The van der Waals surface area contributed by atoms with Crippen LogP contribution < -0.4 is 0 Å². The van der Waals surface area contributed by atoms with Gasteiger partial charge in [-0.15, -0.1) is 0 Å². The fourth-order valence-electron chi connectivity index (χ4n) is 3.45. The van der Waals surface area contributed by atoms with Crippen LogP contribution in [-0.4, -0.2) is 29.2 Å². The van der Waals surface area contributed by atoms with E-state index < -0.39 is 5.60 Å². The molecular formula is C25H50O3. The molecule has 0 bridgehead atoms. The molecule has 168 valence electrons. The van der Waals surface area contributed by atoms with Gasteiger partial charge in [0.1, 0.15) is 6.10 Å². The van der Waals surface area contributed by atoms with Crippen molar-refractivity contribution < 1.29 is 14.6 Å². The molecule has 0 aromatic rings. The lowest BCUT2D eigenvalue weighted by Gasteiger charge is -2.18. The third-order valence-electron chi connectivity index (χ3n) is 5.56. The van der Waals surface area contributed by atoms with Crippen molar-refractivity contribution in [2.75, 3.05) is 6.61 Å². The number of unbranched alkanes of at least 4 members (excludes halogenated alkanes) is 14. The van der Waals surface area contributed by atoms with Crippen molar-refractivity contribution in [1.82, 2.24) is 0 Å². The topological polar surface area (TPSA) is 46.5 Å². The van der Waals surface area contributed by atoms with Gasteiger partial charge in [0.25, 0.3) is 0 Å². The highest BCUT2D eigenvalue weighted by atomic mass is 16.5. The molecule has 0 saturated carbocycles. The molecule has 1 unspecified atom stereocenters. The Balaban J connectivity index is 3.31. The highest BCUT2D eigenvalue weighted by Gasteiger charge is 2.16. The van der Waals surface area contributed by atoms with E-state index in [1.54, 1.807) is 13.8 Å². The molecule has 1 N–H and O–H groups in total. The Labute approximate surface area is 176 Å². The van der Waals surface area contributed by atoms with Gasteiger partial charge in [0.2, 0.25) is 0 Å². The van der Waals surface area contributed by atoms with Crippen molar-refractivity contribution in [3.05, 3.63) is 0 Å². The minimum atomic E-state index is -0.725. The van der Waals surface area contributed by atoms with E-state index in [4.69, 9.17) is 4.74 Å². The Bertz CT molecular complexity index is 346. The highest BCUT2D eigenvalue weighted by Crippen LogP contribution is 2.14. The van der Waals surface area contributed by atoms with Gasteiger partial charge < -0.3 is 9.84 Å². The maximum Gasteiger partial charge on any atom is 0.161 e. The number of rotatable bonds is 21. The predicted octanol–water partition coefficient (Wildman–Crippen LogP) is 7.38. The standard InChI is InChI=1S/C25H50O3/c1-5-6-7-8-9-10-11-12-13-14-15-16-17-18-19-20-24(26)23(2)28-22-21-25(3,4)27/h23,27H,5-22H2,1-4H3. The summed E-state index contributed by atoms with van der Waals surface area (Å²) >= 11 is 0. The Morgan fingerprint density at radius 3 is 1.57 bits per heavy atom. The third kappa shape index (κ3) is 20.3. The fourth-order valence-corrected chi connectivity index (χ4v) is 3.45. The molecule has 3 nitrogen and oxygen atoms in total. The lowest BCUT2D eigenvalue weighted by atomic mass is 10.0. The number of carbonyl (C=O) groups is 1. The molecule has 0 aliphatic rings. The van der Waals surface area contributed by atoms with Gasteiger partial charge in [0, 0.05) is 6.42 Å². The van der Waals surface area contributed by atoms with E-state index >= 15 is 0 Å². The largest absolute Gasteiger partial charge is 0.390 e. The number of hydrogen-bond donors (Lipinski definition) is 1. The maximum absolute atomic E-state index is 12.0. The lowest BCUT2D eigenvalue weighted by Crippen LogP contribution is -2.26. The van der Waals surface area contributed by atoms with E-state index in [0.717, 1.165) is 12.8 Å². The molecule has 0 aliphatic heterocycles. The van der Waals surface area contributed by atoms with E-state index in [-0.39, 0.29) is 11.9 Å². The van der Waals surface area contributed by atoms with Crippen molar-refractivity contribution in [2.45, 2.75) is 149 Å². The van der Waals surface area contributed by atoms with Crippen LogP contribution in [0.3, 0.4) is 0 Å². The second-order valence-corrected chi connectivity index (χ2v) is 9.24. The average molecular weight is 399 g/mol. The zero-order valence-corrected chi connectivity index (χ0v) is 19.6. The highest BCUT2D eigenvalue weighted by molar-refractivity contribution is 5.82. The minimum absolute atomic E-state index is 0.199. The van der Waals surface area contributed by atoms with E-state index in [1.807, 2.05) is 6.92 Å². The maximum atomic E-state index is 12.0. The van der Waals surface area contributed by atoms with Gasteiger partial charge in [-0.25, -0.2) is 0 Å². The SMILES string of the molecule is CCCCCCCCCCCCCCCCCC(=O)C(C)OCCC(C)(C)O. The number of hydrogen-bond acceptors (Lipinski definition) is 3. The number of ether oxygens (including phenoxy) is 1. The summed E-state index contributed by atoms with van der Waals surface area (Å²) in [4.78, 5) is 12.0. The van der Waals surface area contributed by atoms with Crippen molar-refractivity contribution >= 4 is 5.78 Å². The van der Waals surface area contributed by atoms with Crippen LogP contribution in [0.5, 0.6) is 0 Å².